The standard InChI is InChI=1S/C24H24F4N6O/c1-15-29-8-11-33(15)21-5-2-16(13-30-21)23(35)34(18-3-4-18)19-6-9-32(10-7-19)22-20(25)12-17(14-31-22)24(26,27)28/h2,5,8,11-14,18-19H,3-4,6-7,9-10H2,1H3. The number of pyridine rings is 2. The number of nitrogens with zero attached hydrogens (tertiary/aromatic N) is 6. The van der Waals surface area contributed by atoms with Crippen LogP contribution in [0.1, 0.15) is 47.4 Å². The number of carbonyl (C=O) groups excluding carboxylic acids is 1. The van der Waals surface area contributed by atoms with Gasteiger partial charge in [-0.1, -0.05) is 0 Å². The first-order valence-electron chi connectivity index (χ1n) is 11.5. The maximum Gasteiger partial charge on any atom is 0.417 e. The highest BCUT2D eigenvalue weighted by molar-refractivity contribution is 5.94. The third-order valence-corrected chi connectivity index (χ3v) is 6.55. The van der Waals surface area contributed by atoms with Crippen LogP contribution >= 0.6 is 0 Å². The largest absolute Gasteiger partial charge is 0.417 e. The fraction of sp³-hybridized carbons (Fsp3) is 0.417. The molecule has 7 nitrogen and oxygen atoms in total. The number of hydrogen-bond donors (Lipinski definition) is 0. The summed E-state index contributed by atoms with van der Waals surface area (Å²) in [6.45, 7) is 2.66. The van der Waals surface area contributed by atoms with Crippen LogP contribution < -0.4 is 4.90 Å². The third kappa shape index (κ3) is 4.71. The van der Waals surface area contributed by atoms with Crippen LogP contribution in [0.5, 0.6) is 0 Å². The molecule has 3 aromatic heterocycles. The lowest BCUT2D eigenvalue weighted by Crippen LogP contribution is -2.48. The zero-order valence-corrected chi connectivity index (χ0v) is 19.0. The van der Waals surface area contributed by atoms with Crippen LogP contribution in [0, 0.1) is 12.7 Å². The van der Waals surface area contributed by atoms with Crippen LogP contribution in [-0.2, 0) is 6.18 Å². The predicted molar refractivity (Wildman–Crippen MR) is 120 cm³/mol. The molecule has 5 rings (SSSR count). The van der Waals surface area contributed by atoms with Gasteiger partial charge in [0.05, 0.1) is 11.1 Å². The number of imidazole rings is 1. The van der Waals surface area contributed by atoms with E-state index in [0.717, 1.165) is 18.7 Å². The van der Waals surface area contributed by atoms with Gasteiger partial charge in [0.2, 0.25) is 0 Å². The first-order valence-corrected chi connectivity index (χ1v) is 11.5. The molecule has 11 heteroatoms. The molecule has 184 valence electrons. The number of rotatable bonds is 5. The number of halogens is 4. The van der Waals surface area contributed by atoms with E-state index in [1.54, 1.807) is 35.6 Å². The second kappa shape index (κ2) is 8.94. The van der Waals surface area contributed by atoms with Crippen molar-refractivity contribution in [2.24, 2.45) is 0 Å². The van der Waals surface area contributed by atoms with Gasteiger partial charge in [0.25, 0.3) is 5.91 Å². The summed E-state index contributed by atoms with van der Waals surface area (Å²) in [7, 11) is 0. The van der Waals surface area contributed by atoms with Crippen LogP contribution in [-0.4, -0.2) is 55.5 Å². The fourth-order valence-electron chi connectivity index (χ4n) is 4.58. The summed E-state index contributed by atoms with van der Waals surface area (Å²) >= 11 is 0. The number of hydrogen-bond acceptors (Lipinski definition) is 5. The molecule has 1 saturated heterocycles. The monoisotopic (exact) mass is 488 g/mol. The molecule has 1 amide bonds. The van der Waals surface area contributed by atoms with Gasteiger partial charge in [0.1, 0.15) is 11.6 Å². The quantitative estimate of drug-likeness (QED) is 0.498. The Balaban J connectivity index is 1.27. The number of anilines is 1. The summed E-state index contributed by atoms with van der Waals surface area (Å²) in [6, 6.07) is 4.15. The molecule has 0 spiro atoms. The van der Waals surface area contributed by atoms with Crippen LogP contribution in [0.4, 0.5) is 23.4 Å². The highest BCUT2D eigenvalue weighted by Crippen LogP contribution is 2.35. The number of carbonyl (C=O) groups is 1. The zero-order valence-electron chi connectivity index (χ0n) is 19.0. The Morgan fingerprint density at radius 2 is 1.74 bits per heavy atom. The number of piperidine rings is 1. The number of amides is 1. The molecule has 4 heterocycles. The summed E-state index contributed by atoms with van der Waals surface area (Å²) in [6.07, 6.45) is 4.09. The molecule has 0 aromatic carbocycles. The van der Waals surface area contributed by atoms with Crippen molar-refractivity contribution < 1.29 is 22.4 Å². The molecule has 3 aromatic rings. The summed E-state index contributed by atoms with van der Waals surface area (Å²) in [5.41, 5.74) is -0.613. The molecule has 1 saturated carbocycles. The van der Waals surface area contributed by atoms with Gasteiger partial charge in [-0.25, -0.2) is 19.3 Å². The Morgan fingerprint density at radius 1 is 1.03 bits per heavy atom. The maximum atomic E-state index is 14.4. The molecule has 35 heavy (non-hydrogen) atoms. The van der Waals surface area contributed by atoms with Gasteiger partial charge in [-0.05, 0) is 50.8 Å². The Bertz CT molecular complexity index is 1210. The second-order valence-corrected chi connectivity index (χ2v) is 8.94. The van der Waals surface area contributed by atoms with E-state index in [4.69, 9.17) is 0 Å². The third-order valence-electron chi connectivity index (χ3n) is 6.55. The van der Waals surface area contributed by atoms with Gasteiger partial charge >= 0.3 is 6.18 Å². The number of alkyl halides is 3. The molecule has 1 aliphatic carbocycles. The minimum Gasteiger partial charge on any atom is -0.354 e. The summed E-state index contributed by atoms with van der Waals surface area (Å²) in [4.78, 5) is 29.3. The minimum atomic E-state index is -4.64. The van der Waals surface area contributed by atoms with Crippen molar-refractivity contribution in [1.29, 1.82) is 0 Å². The second-order valence-electron chi connectivity index (χ2n) is 8.94. The molecule has 0 N–H and O–H groups in total. The SMILES string of the molecule is Cc1nccn1-c1ccc(C(=O)N(C2CC2)C2CCN(c3ncc(C(F)(F)F)cc3F)CC2)cn1. The van der Waals surface area contributed by atoms with Crippen LogP contribution in [0.3, 0.4) is 0 Å². The molecule has 1 aliphatic heterocycles. The number of aromatic nitrogens is 4. The Morgan fingerprint density at radius 3 is 2.29 bits per heavy atom. The lowest BCUT2D eigenvalue weighted by Gasteiger charge is -2.39. The van der Waals surface area contributed by atoms with Crippen molar-refractivity contribution in [2.45, 2.75) is 50.9 Å². The first-order chi connectivity index (χ1) is 16.7. The van der Waals surface area contributed by atoms with Gasteiger partial charge in [-0.15, -0.1) is 0 Å². The first kappa shape index (κ1) is 23.3. The van der Waals surface area contributed by atoms with E-state index in [1.165, 1.54) is 0 Å². The van der Waals surface area contributed by atoms with E-state index >= 15 is 0 Å². The van der Waals surface area contributed by atoms with E-state index in [1.807, 2.05) is 16.4 Å². The van der Waals surface area contributed by atoms with E-state index in [-0.39, 0.29) is 23.8 Å². The van der Waals surface area contributed by atoms with E-state index in [9.17, 15) is 22.4 Å². The van der Waals surface area contributed by atoms with Gasteiger partial charge in [-0.3, -0.25) is 9.36 Å². The topological polar surface area (TPSA) is 67.2 Å². The van der Waals surface area contributed by atoms with Gasteiger partial charge in [-0.2, -0.15) is 13.2 Å². The van der Waals surface area contributed by atoms with Crippen molar-refractivity contribution >= 4 is 11.7 Å². The van der Waals surface area contributed by atoms with E-state index in [2.05, 4.69) is 15.0 Å². The Hall–Kier alpha value is -3.50. The number of aryl methyl sites for hydroxylation is 1. The Kier molecular flexibility index (Phi) is 5.94. The summed E-state index contributed by atoms with van der Waals surface area (Å²) in [5.74, 6) is 0.296. The minimum absolute atomic E-state index is 0.0423. The van der Waals surface area contributed by atoms with Crippen LogP contribution in [0.2, 0.25) is 0 Å². The summed E-state index contributed by atoms with van der Waals surface area (Å²) in [5, 5.41) is 0. The average molecular weight is 488 g/mol. The lowest BCUT2D eigenvalue weighted by atomic mass is 10.0. The van der Waals surface area contributed by atoms with Crippen molar-refractivity contribution in [1.82, 2.24) is 24.4 Å². The van der Waals surface area contributed by atoms with Crippen molar-refractivity contribution in [3.8, 4) is 5.82 Å². The Labute approximate surface area is 199 Å². The molecule has 2 aliphatic rings. The van der Waals surface area contributed by atoms with Crippen molar-refractivity contribution in [3.05, 3.63) is 65.8 Å². The fourth-order valence-corrected chi connectivity index (χ4v) is 4.58. The molecule has 2 fully saturated rings. The van der Waals surface area contributed by atoms with Crippen molar-refractivity contribution in [3.63, 3.8) is 0 Å². The summed E-state index contributed by atoms with van der Waals surface area (Å²) < 4.78 is 54.7. The van der Waals surface area contributed by atoms with Gasteiger partial charge in [0, 0.05) is 50.0 Å². The van der Waals surface area contributed by atoms with Crippen molar-refractivity contribution in [2.75, 3.05) is 18.0 Å². The normalized spacial score (nSPS) is 17.0. The van der Waals surface area contributed by atoms with Crippen LogP contribution in [0.15, 0.2) is 43.0 Å². The highest BCUT2D eigenvalue weighted by atomic mass is 19.4. The van der Waals surface area contributed by atoms with Gasteiger partial charge < -0.3 is 9.80 Å². The molecule has 0 atom stereocenters. The van der Waals surface area contributed by atoms with Crippen LogP contribution in [0.25, 0.3) is 5.82 Å². The smallest absolute Gasteiger partial charge is 0.354 e. The predicted octanol–water partition coefficient (Wildman–Crippen LogP) is 4.40. The van der Waals surface area contributed by atoms with Gasteiger partial charge in [0.15, 0.2) is 11.6 Å². The molecule has 0 unspecified atom stereocenters. The molecular weight excluding hydrogens is 464 g/mol. The molecule has 0 bridgehead atoms. The molecule has 0 radical (unpaired) electrons. The van der Waals surface area contributed by atoms with E-state index < -0.39 is 17.6 Å². The molecular formula is C24H24F4N6O. The van der Waals surface area contributed by atoms with E-state index in [0.29, 0.717) is 49.6 Å². The zero-order chi connectivity index (χ0) is 24.7. The highest BCUT2D eigenvalue weighted by Gasteiger charge is 2.39. The lowest BCUT2D eigenvalue weighted by molar-refractivity contribution is -0.138. The average Bonchev–Trinajstić information content (AvgIpc) is 3.58. The maximum absolute atomic E-state index is 14.4.